The zero-order chi connectivity index (χ0) is 14.6. The minimum atomic E-state index is -0.163. The number of rotatable bonds is 6. The molecule has 1 aliphatic heterocycles. The molecule has 0 bridgehead atoms. The third-order valence-electron chi connectivity index (χ3n) is 4.70. The lowest BCUT2D eigenvalue weighted by atomic mass is 9.76. The molecule has 0 spiro atoms. The Bertz CT molecular complexity index is 442. The molecular formula is C16H27N3O. The normalized spacial score (nSPS) is 18.4. The standard InChI is InChI=1S/C16H27N3O/c1-4-14(5-2)19-11-6-13(18-19)12-15(20)16(3)7-9-17-10-8-16/h6,11,14,17H,4-5,7-10,12H2,1-3H3. The first-order valence-electron chi connectivity index (χ1n) is 7.87. The summed E-state index contributed by atoms with van der Waals surface area (Å²) in [6, 6.07) is 2.45. The number of hydrogen-bond acceptors (Lipinski definition) is 3. The number of nitrogens with one attached hydrogen (secondary N) is 1. The lowest BCUT2D eigenvalue weighted by Crippen LogP contribution is -2.40. The average molecular weight is 277 g/mol. The maximum Gasteiger partial charge on any atom is 0.144 e. The van der Waals surface area contributed by atoms with Gasteiger partial charge in [-0.2, -0.15) is 5.10 Å². The highest BCUT2D eigenvalue weighted by Gasteiger charge is 2.34. The predicted octanol–water partition coefficient (Wildman–Crippen LogP) is 2.75. The van der Waals surface area contributed by atoms with Crippen LogP contribution in [0.1, 0.15) is 58.2 Å². The monoisotopic (exact) mass is 277 g/mol. The average Bonchev–Trinajstić information content (AvgIpc) is 2.89. The molecule has 1 aliphatic rings. The van der Waals surface area contributed by atoms with E-state index in [1.165, 1.54) is 0 Å². The largest absolute Gasteiger partial charge is 0.317 e. The van der Waals surface area contributed by atoms with Crippen LogP contribution in [0.3, 0.4) is 0 Å². The fourth-order valence-corrected chi connectivity index (χ4v) is 2.97. The zero-order valence-corrected chi connectivity index (χ0v) is 13.0. The molecule has 1 N–H and O–H groups in total. The van der Waals surface area contributed by atoms with Gasteiger partial charge in [-0.05, 0) is 44.8 Å². The Morgan fingerprint density at radius 2 is 2.05 bits per heavy atom. The molecular weight excluding hydrogens is 250 g/mol. The summed E-state index contributed by atoms with van der Waals surface area (Å²) in [6.45, 7) is 8.36. The second-order valence-corrected chi connectivity index (χ2v) is 6.17. The highest BCUT2D eigenvalue weighted by molar-refractivity contribution is 5.86. The number of carbonyl (C=O) groups is 1. The molecule has 4 nitrogen and oxygen atoms in total. The Labute approximate surface area is 121 Å². The smallest absolute Gasteiger partial charge is 0.144 e. The van der Waals surface area contributed by atoms with Crippen molar-refractivity contribution < 1.29 is 4.79 Å². The summed E-state index contributed by atoms with van der Waals surface area (Å²) >= 11 is 0. The van der Waals surface area contributed by atoms with Crippen molar-refractivity contribution in [3.63, 3.8) is 0 Å². The Morgan fingerprint density at radius 3 is 2.65 bits per heavy atom. The van der Waals surface area contributed by atoms with Crippen LogP contribution in [-0.2, 0) is 11.2 Å². The van der Waals surface area contributed by atoms with Crippen molar-refractivity contribution >= 4 is 5.78 Å². The van der Waals surface area contributed by atoms with Gasteiger partial charge in [0.2, 0.25) is 0 Å². The van der Waals surface area contributed by atoms with E-state index in [2.05, 4.69) is 31.2 Å². The maximum atomic E-state index is 12.5. The molecule has 0 atom stereocenters. The van der Waals surface area contributed by atoms with E-state index >= 15 is 0 Å². The van der Waals surface area contributed by atoms with Crippen LogP contribution in [-0.4, -0.2) is 28.7 Å². The van der Waals surface area contributed by atoms with Gasteiger partial charge >= 0.3 is 0 Å². The van der Waals surface area contributed by atoms with Crippen molar-refractivity contribution in [2.45, 2.75) is 58.9 Å². The van der Waals surface area contributed by atoms with Gasteiger partial charge in [-0.1, -0.05) is 20.8 Å². The molecule has 0 aliphatic carbocycles. The van der Waals surface area contributed by atoms with Gasteiger partial charge in [-0.3, -0.25) is 9.48 Å². The summed E-state index contributed by atoms with van der Waals surface area (Å²) in [7, 11) is 0. The third kappa shape index (κ3) is 3.29. The van der Waals surface area contributed by atoms with Gasteiger partial charge in [0, 0.05) is 11.6 Å². The number of hydrogen-bond donors (Lipinski definition) is 1. The molecule has 112 valence electrons. The molecule has 1 saturated heterocycles. The van der Waals surface area contributed by atoms with Crippen molar-refractivity contribution in [3.05, 3.63) is 18.0 Å². The van der Waals surface area contributed by atoms with Crippen molar-refractivity contribution in [3.8, 4) is 0 Å². The van der Waals surface area contributed by atoms with E-state index < -0.39 is 0 Å². The number of piperidine rings is 1. The van der Waals surface area contributed by atoms with Crippen molar-refractivity contribution in [1.82, 2.24) is 15.1 Å². The van der Waals surface area contributed by atoms with Gasteiger partial charge < -0.3 is 5.32 Å². The summed E-state index contributed by atoms with van der Waals surface area (Å²) in [4.78, 5) is 12.5. The lowest BCUT2D eigenvalue weighted by molar-refractivity contribution is -0.128. The van der Waals surface area contributed by atoms with Gasteiger partial charge in [0.15, 0.2) is 0 Å². The van der Waals surface area contributed by atoms with Gasteiger partial charge in [0.25, 0.3) is 0 Å². The zero-order valence-electron chi connectivity index (χ0n) is 13.0. The van der Waals surface area contributed by atoms with Crippen LogP contribution >= 0.6 is 0 Å². The number of carbonyl (C=O) groups excluding carboxylic acids is 1. The first-order valence-corrected chi connectivity index (χ1v) is 7.87. The lowest BCUT2D eigenvalue weighted by Gasteiger charge is -2.32. The van der Waals surface area contributed by atoms with Crippen molar-refractivity contribution in [2.75, 3.05) is 13.1 Å². The number of Topliss-reactive ketones (excluding diaryl/α,β-unsaturated/α-hetero) is 1. The summed E-state index contributed by atoms with van der Waals surface area (Å²) in [5.74, 6) is 0.341. The van der Waals surface area contributed by atoms with E-state index in [1.54, 1.807) is 0 Å². The predicted molar refractivity (Wildman–Crippen MR) is 80.8 cm³/mol. The minimum Gasteiger partial charge on any atom is -0.317 e. The molecule has 1 aromatic heterocycles. The maximum absolute atomic E-state index is 12.5. The molecule has 1 aromatic rings. The van der Waals surface area contributed by atoms with Crippen molar-refractivity contribution in [1.29, 1.82) is 0 Å². The first kappa shape index (κ1) is 15.2. The number of aromatic nitrogens is 2. The molecule has 4 heteroatoms. The van der Waals surface area contributed by atoms with Crippen LogP contribution in [0.2, 0.25) is 0 Å². The molecule has 0 unspecified atom stereocenters. The van der Waals surface area contributed by atoms with Gasteiger partial charge in [-0.15, -0.1) is 0 Å². The molecule has 0 aromatic carbocycles. The van der Waals surface area contributed by atoms with Gasteiger partial charge in [-0.25, -0.2) is 0 Å². The number of nitrogens with zero attached hydrogens (tertiary/aromatic N) is 2. The van der Waals surface area contributed by atoms with Crippen LogP contribution in [0.25, 0.3) is 0 Å². The highest BCUT2D eigenvalue weighted by Crippen LogP contribution is 2.30. The Kier molecular flexibility index (Phi) is 4.97. The molecule has 2 heterocycles. The minimum absolute atomic E-state index is 0.163. The highest BCUT2D eigenvalue weighted by atomic mass is 16.1. The van der Waals surface area contributed by atoms with E-state index in [0.29, 0.717) is 18.2 Å². The van der Waals surface area contributed by atoms with E-state index in [4.69, 9.17) is 0 Å². The number of ketones is 1. The fourth-order valence-electron chi connectivity index (χ4n) is 2.97. The van der Waals surface area contributed by atoms with Gasteiger partial charge in [0.05, 0.1) is 18.2 Å². The molecule has 2 rings (SSSR count). The molecule has 0 radical (unpaired) electrons. The third-order valence-corrected chi connectivity index (χ3v) is 4.70. The summed E-state index contributed by atoms with van der Waals surface area (Å²) < 4.78 is 2.02. The van der Waals surface area contributed by atoms with Crippen LogP contribution in [0.15, 0.2) is 12.3 Å². The second kappa shape index (κ2) is 6.53. The van der Waals surface area contributed by atoms with E-state index in [0.717, 1.165) is 44.5 Å². The van der Waals surface area contributed by atoms with Crippen LogP contribution in [0.5, 0.6) is 0 Å². The summed E-state index contributed by atoms with van der Waals surface area (Å²) in [6.07, 6.45) is 6.54. The quantitative estimate of drug-likeness (QED) is 0.869. The summed E-state index contributed by atoms with van der Waals surface area (Å²) in [5.41, 5.74) is 0.755. The van der Waals surface area contributed by atoms with Crippen LogP contribution in [0, 0.1) is 5.41 Å². The SMILES string of the molecule is CCC(CC)n1ccc(CC(=O)C2(C)CCNCC2)n1. The Hall–Kier alpha value is -1.16. The van der Waals surface area contributed by atoms with Crippen LogP contribution < -0.4 is 5.32 Å². The molecule has 0 saturated carbocycles. The van der Waals surface area contributed by atoms with E-state index in [1.807, 2.05) is 16.9 Å². The van der Waals surface area contributed by atoms with Crippen molar-refractivity contribution in [2.24, 2.45) is 5.41 Å². The topological polar surface area (TPSA) is 46.9 Å². The van der Waals surface area contributed by atoms with E-state index in [9.17, 15) is 4.79 Å². The summed E-state index contributed by atoms with van der Waals surface area (Å²) in [5, 5.41) is 7.92. The molecule has 0 amide bonds. The van der Waals surface area contributed by atoms with E-state index in [-0.39, 0.29) is 5.41 Å². The van der Waals surface area contributed by atoms with Crippen LogP contribution in [0.4, 0.5) is 0 Å². The first-order chi connectivity index (χ1) is 9.59. The van der Waals surface area contributed by atoms with Gasteiger partial charge in [0.1, 0.15) is 5.78 Å². The molecule has 1 fully saturated rings. The Morgan fingerprint density at radius 1 is 1.40 bits per heavy atom. The molecule has 20 heavy (non-hydrogen) atoms. The Balaban J connectivity index is 2.01. The second-order valence-electron chi connectivity index (χ2n) is 6.17. The fraction of sp³-hybridized carbons (Fsp3) is 0.750.